The van der Waals surface area contributed by atoms with E-state index in [0.29, 0.717) is 5.02 Å². The maximum absolute atomic E-state index is 13.0. The highest BCUT2D eigenvalue weighted by atomic mass is 35.5. The van der Waals surface area contributed by atoms with Crippen LogP contribution in [0.1, 0.15) is 28.3 Å². The topological polar surface area (TPSA) is 46.2 Å². The molecule has 130 valence electrons. The lowest BCUT2D eigenvalue weighted by atomic mass is 9.95. The highest BCUT2D eigenvalue weighted by Gasteiger charge is 2.26. The van der Waals surface area contributed by atoms with E-state index in [9.17, 15) is 8.42 Å². The molecular formula is C21H16ClNO2S. The van der Waals surface area contributed by atoms with Crippen molar-refractivity contribution in [2.45, 2.75) is 10.9 Å². The predicted octanol–water partition coefficient (Wildman–Crippen LogP) is 4.89. The first-order valence-electron chi connectivity index (χ1n) is 8.18. The third-order valence-electron chi connectivity index (χ3n) is 4.45. The minimum atomic E-state index is -3.71. The molecule has 0 radical (unpaired) electrons. The van der Waals surface area contributed by atoms with Crippen LogP contribution in [0, 0.1) is 0 Å². The molecule has 5 heteroatoms. The summed E-state index contributed by atoms with van der Waals surface area (Å²) in [5.41, 5.74) is 3.83. The molecule has 0 amide bonds. The molecule has 3 aromatic carbocycles. The summed E-state index contributed by atoms with van der Waals surface area (Å²) >= 11 is 5.89. The van der Waals surface area contributed by atoms with E-state index in [4.69, 9.17) is 11.6 Å². The summed E-state index contributed by atoms with van der Waals surface area (Å²) in [5, 5.41) is 0.498. The van der Waals surface area contributed by atoms with E-state index in [2.05, 4.69) is 4.72 Å². The number of hydrogen-bond donors (Lipinski definition) is 1. The fourth-order valence-corrected chi connectivity index (χ4v) is 4.48. The van der Waals surface area contributed by atoms with Crippen LogP contribution in [0.2, 0.25) is 5.02 Å². The van der Waals surface area contributed by atoms with Gasteiger partial charge in [-0.05, 0) is 46.5 Å². The molecule has 0 atom stereocenters. The van der Waals surface area contributed by atoms with Crippen LogP contribution in [-0.2, 0) is 10.0 Å². The molecule has 0 saturated carbocycles. The number of sulfonamides is 1. The van der Waals surface area contributed by atoms with Crippen molar-refractivity contribution >= 4 is 33.8 Å². The Balaban J connectivity index is 1.83. The summed E-state index contributed by atoms with van der Waals surface area (Å²) in [6.07, 6.45) is 4.04. The molecule has 1 N–H and O–H groups in total. The molecule has 0 spiro atoms. The van der Waals surface area contributed by atoms with Gasteiger partial charge in [0.05, 0.1) is 10.9 Å². The van der Waals surface area contributed by atoms with Gasteiger partial charge in [-0.2, -0.15) is 4.72 Å². The van der Waals surface area contributed by atoms with E-state index >= 15 is 0 Å². The predicted molar refractivity (Wildman–Crippen MR) is 105 cm³/mol. The van der Waals surface area contributed by atoms with Crippen LogP contribution in [0.3, 0.4) is 0 Å². The lowest BCUT2D eigenvalue weighted by Gasteiger charge is -2.22. The zero-order valence-corrected chi connectivity index (χ0v) is 15.3. The molecule has 1 aliphatic carbocycles. The minimum absolute atomic E-state index is 0.189. The van der Waals surface area contributed by atoms with Crippen molar-refractivity contribution in [2.24, 2.45) is 0 Å². The fourth-order valence-electron chi connectivity index (χ4n) is 3.16. The molecule has 0 heterocycles. The number of fused-ring (bicyclic) bond motifs is 2. The van der Waals surface area contributed by atoms with Gasteiger partial charge in [0.15, 0.2) is 0 Å². The SMILES string of the molecule is O=S(=O)(NC1c2ccccc2C=Cc2ccccc21)c1ccc(Cl)cc1. The monoisotopic (exact) mass is 381 g/mol. The Morgan fingerprint density at radius 2 is 1.23 bits per heavy atom. The van der Waals surface area contributed by atoms with Crippen LogP contribution < -0.4 is 4.72 Å². The van der Waals surface area contributed by atoms with Crippen LogP contribution in [0.5, 0.6) is 0 Å². The largest absolute Gasteiger partial charge is 0.241 e. The van der Waals surface area contributed by atoms with E-state index in [1.165, 1.54) is 12.1 Å². The normalized spacial score (nSPS) is 13.7. The summed E-state index contributed by atoms with van der Waals surface area (Å²) in [6, 6.07) is 21.3. The lowest BCUT2D eigenvalue weighted by Crippen LogP contribution is -2.30. The van der Waals surface area contributed by atoms with Crippen molar-refractivity contribution in [1.82, 2.24) is 4.72 Å². The third-order valence-corrected chi connectivity index (χ3v) is 6.14. The number of nitrogens with one attached hydrogen (secondary N) is 1. The molecule has 0 saturated heterocycles. The van der Waals surface area contributed by atoms with E-state index in [1.54, 1.807) is 12.1 Å². The first kappa shape index (κ1) is 17.0. The van der Waals surface area contributed by atoms with Gasteiger partial charge in [0.2, 0.25) is 10.0 Å². The third kappa shape index (κ3) is 3.19. The molecule has 0 unspecified atom stereocenters. The Labute approximate surface area is 158 Å². The van der Waals surface area contributed by atoms with E-state index in [1.807, 2.05) is 60.7 Å². The highest BCUT2D eigenvalue weighted by molar-refractivity contribution is 7.89. The van der Waals surface area contributed by atoms with Gasteiger partial charge in [0.1, 0.15) is 0 Å². The van der Waals surface area contributed by atoms with Gasteiger partial charge >= 0.3 is 0 Å². The van der Waals surface area contributed by atoms with Crippen LogP contribution >= 0.6 is 11.6 Å². The van der Waals surface area contributed by atoms with Crippen molar-refractivity contribution in [3.63, 3.8) is 0 Å². The summed E-state index contributed by atoms with van der Waals surface area (Å²) < 4.78 is 28.8. The number of halogens is 1. The first-order valence-corrected chi connectivity index (χ1v) is 10.0. The molecule has 0 aromatic heterocycles. The molecule has 4 rings (SSSR count). The summed E-state index contributed by atoms with van der Waals surface area (Å²) in [5.74, 6) is 0. The Kier molecular flexibility index (Phi) is 4.41. The Morgan fingerprint density at radius 3 is 1.77 bits per heavy atom. The molecule has 0 fully saturated rings. The zero-order chi connectivity index (χ0) is 18.1. The van der Waals surface area contributed by atoms with Crippen LogP contribution in [0.25, 0.3) is 12.2 Å². The second-order valence-corrected chi connectivity index (χ2v) is 8.25. The molecule has 1 aliphatic rings. The van der Waals surface area contributed by atoms with Gasteiger partial charge in [-0.1, -0.05) is 72.3 Å². The average molecular weight is 382 g/mol. The van der Waals surface area contributed by atoms with Crippen LogP contribution in [-0.4, -0.2) is 8.42 Å². The van der Waals surface area contributed by atoms with Gasteiger partial charge in [0, 0.05) is 5.02 Å². The summed E-state index contributed by atoms with van der Waals surface area (Å²) in [7, 11) is -3.71. The molecule has 3 nitrogen and oxygen atoms in total. The van der Waals surface area contributed by atoms with Crippen molar-refractivity contribution in [1.29, 1.82) is 0 Å². The molecule has 3 aromatic rings. The van der Waals surface area contributed by atoms with Crippen molar-refractivity contribution in [3.8, 4) is 0 Å². The van der Waals surface area contributed by atoms with Crippen LogP contribution in [0.4, 0.5) is 0 Å². The first-order chi connectivity index (χ1) is 12.5. The Bertz CT molecular complexity index is 1040. The molecule has 26 heavy (non-hydrogen) atoms. The van der Waals surface area contributed by atoms with Gasteiger partial charge in [-0.15, -0.1) is 0 Å². The van der Waals surface area contributed by atoms with E-state index < -0.39 is 16.1 Å². The minimum Gasteiger partial charge on any atom is -0.207 e. The van der Waals surface area contributed by atoms with Crippen molar-refractivity contribution < 1.29 is 8.42 Å². The number of benzene rings is 3. The van der Waals surface area contributed by atoms with Gasteiger partial charge in [-0.3, -0.25) is 0 Å². The maximum atomic E-state index is 13.0. The van der Waals surface area contributed by atoms with Gasteiger partial charge < -0.3 is 0 Å². The number of hydrogen-bond acceptors (Lipinski definition) is 2. The summed E-state index contributed by atoms with van der Waals surface area (Å²) in [4.78, 5) is 0.189. The highest BCUT2D eigenvalue weighted by Crippen LogP contribution is 2.33. The van der Waals surface area contributed by atoms with Gasteiger partial charge in [0.25, 0.3) is 0 Å². The summed E-state index contributed by atoms with van der Waals surface area (Å²) in [6.45, 7) is 0. The van der Waals surface area contributed by atoms with E-state index in [0.717, 1.165) is 22.3 Å². The zero-order valence-electron chi connectivity index (χ0n) is 13.8. The Hall–Kier alpha value is -2.40. The quantitative estimate of drug-likeness (QED) is 0.702. The lowest BCUT2D eigenvalue weighted by molar-refractivity contribution is 0.572. The number of rotatable bonds is 3. The Morgan fingerprint density at radius 1 is 0.731 bits per heavy atom. The van der Waals surface area contributed by atoms with Crippen LogP contribution in [0.15, 0.2) is 77.7 Å². The van der Waals surface area contributed by atoms with Crippen molar-refractivity contribution in [3.05, 3.63) is 100 Å². The second kappa shape index (κ2) is 6.72. The second-order valence-electron chi connectivity index (χ2n) is 6.10. The van der Waals surface area contributed by atoms with Crippen molar-refractivity contribution in [2.75, 3.05) is 0 Å². The maximum Gasteiger partial charge on any atom is 0.241 e. The molecular weight excluding hydrogens is 366 g/mol. The van der Waals surface area contributed by atoms with Gasteiger partial charge in [-0.25, -0.2) is 8.42 Å². The van der Waals surface area contributed by atoms with E-state index in [-0.39, 0.29) is 4.90 Å². The fraction of sp³-hybridized carbons (Fsp3) is 0.0476. The molecule has 0 aliphatic heterocycles. The smallest absolute Gasteiger partial charge is 0.207 e. The molecule has 0 bridgehead atoms. The standard InChI is InChI=1S/C21H16ClNO2S/c22-17-11-13-18(14-12-17)26(24,25)23-21-19-7-3-1-5-15(19)9-10-16-6-2-4-8-20(16)21/h1-14,21,23H. The average Bonchev–Trinajstić information content (AvgIpc) is 2.80.